The van der Waals surface area contributed by atoms with Crippen LogP contribution in [0.4, 0.5) is 4.39 Å². The van der Waals surface area contributed by atoms with Crippen molar-refractivity contribution >= 4 is 15.9 Å². The first-order valence-corrected chi connectivity index (χ1v) is 7.79. The van der Waals surface area contributed by atoms with Gasteiger partial charge in [0.2, 0.25) is 0 Å². The van der Waals surface area contributed by atoms with Crippen LogP contribution < -0.4 is 4.74 Å². The summed E-state index contributed by atoms with van der Waals surface area (Å²) in [6, 6.07) is 3.72. The molecule has 0 N–H and O–H groups in total. The Bertz CT molecular complexity index is 459. The van der Waals surface area contributed by atoms with E-state index in [0.717, 1.165) is 37.5 Å². The predicted molar refractivity (Wildman–Crippen MR) is 82.6 cm³/mol. The normalized spacial score (nSPS) is 17.7. The molecular formula is C15H22BrFN2O. The van der Waals surface area contributed by atoms with Gasteiger partial charge < -0.3 is 4.74 Å². The van der Waals surface area contributed by atoms with Gasteiger partial charge >= 0.3 is 0 Å². The van der Waals surface area contributed by atoms with Crippen LogP contribution >= 0.6 is 15.9 Å². The molecule has 0 atom stereocenters. The van der Waals surface area contributed by atoms with Gasteiger partial charge in [-0.25, -0.2) is 4.39 Å². The van der Waals surface area contributed by atoms with Gasteiger partial charge in [0.25, 0.3) is 0 Å². The van der Waals surface area contributed by atoms with Crippen molar-refractivity contribution in [2.45, 2.75) is 26.4 Å². The molecule has 1 fully saturated rings. The van der Waals surface area contributed by atoms with E-state index in [1.54, 1.807) is 13.2 Å². The van der Waals surface area contributed by atoms with Crippen molar-refractivity contribution in [3.63, 3.8) is 0 Å². The Morgan fingerprint density at radius 3 is 2.45 bits per heavy atom. The molecule has 1 saturated heterocycles. The summed E-state index contributed by atoms with van der Waals surface area (Å²) >= 11 is 3.34. The summed E-state index contributed by atoms with van der Waals surface area (Å²) in [6.45, 7) is 9.30. The number of ether oxygens (including phenoxy) is 1. The molecule has 1 aliphatic heterocycles. The van der Waals surface area contributed by atoms with Crippen LogP contribution in [0.15, 0.2) is 16.6 Å². The molecule has 0 amide bonds. The average Bonchev–Trinajstić information content (AvgIpc) is 2.45. The van der Waals surface area contributed by atoms with E-state index in [4.69, 9.17) is 4.74 Å². The lowest BCUT2D eigenvalue weighted by atomic mass is 10.1. The number of hydrogen-bond acceptors (Lipinski definition) is 3. The van der Waals surface area contributed by atoms with Gasteiger partial charge in [0.15, 0.2) is 0 Å². The molecule has 2 rings (SSSR count). The minimum atomic E-state index is -0.235. The fourth-order valence-corrected chi connectivity index (χ4v) is 3.03. The van der Waals surface area contributed by atoms with Gasteiger partial charge in [0.1, 0.15) is 11.6 Å². The summed E-state index contributed by atoms with van der Waals surface area (Å²) in [6.07, 6.45) is 0. The van der Waals surface area contributed by atoms with Crippen LogP contribution in [0.3, 0.4) is 0 Å². The van der Waals surface area contributed by atoms with Crippen LogP contribution in [0, 0.1) is 5.82 Å². The first-order chi connectivity index (χ1) is 9.52. The minimum absolute atomic E-state index is 0.235. The van der Waals surface area contributed by atoms with E-state index in [1.807, 2.05) is 0 Å². The molecule has 3 nitrogen and oxygen atoms in total. The zero-order valence-electron chi connectivity index (χ0n) is 12.3. The standard InChI is InChI=1S/C15H22BrFN2O/c1-11(2)19-8-6-18(7-9-19)10-12-14(20-3)5-4-13(17)15(12)16/h4-5,11H,6-10H2,1-3H3. The van der Waals surface area contributed by atoms with E-state index in [0.29, 0.717) is 17.1 Å². The average molecular weight is 345 g/mol. The summed E-state index contributed by atoms with van der Waals surface area (Å²) < 4.78 is 19.6. The van der Waals surface area contributed by atoms with Crippen molar-refractivity contribution in [1.29, 1.82) is 0 Å². The Morgan fingerprint density at radius 2 is 1.90 bits per heavy atom. The van der Waals surface area contributed by atoms with Gasteiger partial charge in [0, 0.05) is 44.3 Å². The van der Waals surface area contributed by atoms with Crippen LogP contribution in [-0.4, -0.2) is 49.1 Å². The van der Waals surface area contributed by atoms with E-state index in [-0.39, 0.29) is 5.82 Å². The first kappa shape index (κ1) is 15.7. The lowest BCUT2D eigenvalue weighted by Gasteiger charge is -2.37. The van der Waals surface area contributed by atoms with Crippen molar-refractivity contribution in [2.24, 2.45) is 0 Å². The third kappa shape index (κ3) is 3.51. The van der Waals surface area contributed by atoms with Crippen molar-refractivity contribution in [2.75, 3.05) is 33.3 Å². The molecule has 0 radical (unpaired) electrons. The highest BCUT2D eigenvalue weighted by molar-refractivity contribution is 9.10. The van der Waals surface area contributed by atoms with Gasteiger partial charge in [-0.2, -0.15) is 0 Å². The Kier molecular flexibility index (Phi) is 5.41. The molecule has 0 saturated carbocycles. The molecule has 0 aliphatic carbocycles. The summed E-state index contributed by atoms with van der Waals surface area (Å²) in [7, 11) is 1.62. The van der Waals surface area contributed by atoms with Crippen LogP contribution in [0.1, 0.15) is 19.4 Å². The van der Waals surface area contributed by atoms with Gasteiger partial charge in [0.05, 0.1) is 11.6 Å². The highest BCUT2D eigenvalue weighted by atomic mass is 79.9. The van der Waals surface area contributed by atoms with Crippen LogP contribution in [0.5, 0.6) is 5.75 Å². The molecule has 0 spiro atoms. The quantitative estimate of drug-likeness (QED) is 0.834. The topological polar surface area (TPSA) is 15.7 Å². The number of benzene rings is 1. The number of nitrogens with zero attached hydrogens (tertiary/aromatic N) is 2. The van der Waals surface area contributed by atoms with E-state index in [9.17, 15) is 4.39 Å². The number of halogens is 2. The summed E-state index contributed by atoms with van der Waals surface area (Å²) in [5.74, 6) is 0.506. The summed E-state index contributed by atoms with van der Waals surface area (Å²) in [5, 5.41) is 0. The highest BCUT2D eigenvalue weighted by Gasteiger charge is 2.21. The SMILES string of the molecule is COc1ccc(F)c(Br)c1CN1CCN(C(C)C)CC1. The van der Waals surface area contributed by atoms with Crippen LogP contribution in [-0.2, 0) is 6.54 Å². The molecule has 1 aromatic carbocycles. The molecule has 5 heteroatoms. The predicted octanol–water partition coefficient (Wildman–Crippen LogP) is 3.12. The number of hydrogen-bond donors (Lipinski definition) is 0. The lowest BCUT2D eigenvalue weighted by molar-refractivity contribution is 0.103. The second-order valence-electron chi connectivity index (χ2n) is 5.45. The third-order valence-electron chi connectivity index (χ3n) is 3.89. The molecule has 1 aromatic rings. The Morgan fingerprint density at radius 1 is 1.25 bits per heavy atom. The number of rotatable bonds is 4. The van der Waals surface area contributed by atoms with E-state index >= 15 is 0 Å². The van der Waals surface area contributed by atoms with E-state index in [2.05, 4.69) is 39.6 Å². The lowest BCUT2D eigenvalue weighted by Crippen LogP contribution is -2.48. The molecule has 0 aromatic heterocycles. The Balaban J connectivity index is 2.06. The largest absolute Gasteiger partial charge is 0.496 e. The second kappa shape index (κ2) is 6.87. The third-order valence-corrected chi connectivity index (χ3v) is 4.75. The van der Waals surface area contributed by atoms with Crippen molar-refractivity contribution < 1.29 is 9.13 Å². The van der Waals surface area contributed by atoms with Crippen molar-refractivity contribution in [3.8, 4) is 5.75 Å². The molecule has 112 valence electrons. The van der Waals surface area contributed by atoms with Crippen LogP contribution in [0.25, 0.3) is 0 Å². The summed E-state index contributed by atoms with van der Waals surface area (Å²) in [4.78, 5) is 4.81. The van der Waals surface area contributed by atoms with Crippen molar-refractivity contribution in [1.82, 2.24) is 9.80 Å². The molecule has 20 heavy (non-hydrogen) atoms. The van der Waals surface area contributed by atoms with Crippen LogP contribution in [0.2, 0.25) is 0 Å². The molecule has 1 aliphatic rings. The van der Waals surface area contributed by atoms with Gasteiger partial charge in [-0.3, -0.25) is 9.80 Å². The van der Waals surface area contributed by atoms with Gasteiger partial charge in [-0.1, -0.05) is 0 Å². The second-order valence-corrected chi connectivity index (χ2v) is 6.24. The zero-order chi connectivity index (χ0) is 14.7. The van der Waals surface area contributed by atoms with Crippen molar-refractivity contribution in [3.05, 3.63) is 28.0 Å². The van der Waals surface area contributed by atoms with Gasteiger partial charge in [-0.15, -0.1) is 0 Å². The monoisotopic (exact) mass is 344 g/mol. The molecule has 0 unspecified atom stereocenters. The Labute approximate surface area is 128 Å². The number of methoxy groups -OCH3 is 1. The maximum atomic E-state index is 13.7. The van der Waals surface area contributed by atoms with E-state index in [1.165, 1.54) is 6.07 Å². The highest BCUT2D eigenvalue weighted by Crippen LogP contribution is 2.30. The van der Waals surface area contributed by atoms with Gasteiger partial charge in [-0.05, 0) is 41.9 Å². The molecule has 1 heterocycles. The number of piperazine rings is 1. The first-order valence-electron chi connectivity index (χ1n) is 7.00. The minimum Gasteiger partial charge on any atom is -0.496 e. The van der Waals surface area contributed by atoms with E-state index < -0.39 is 0 Å². The molecular weight excluding hydrogens is 323 g/mol. The summed E-state index contributed by atoms with van der Waals surface area (Å²) in [5.41, 5.74) is 0.894. The zero-order valence-corrected chi connectivity index (χ0v) is 13.9. The fraction of sp³-hybridized carbons (Fsp3) is 0.600. The fourth-order valence-electron chi connectivity index (χ4n) is 2.57. The maximum Gasteiger partial charge on any atom is 0.137 e. The molecule has 0 bridgehead atoms. The maximum absolute atomic E-state index is 13.7. The Hall–Kier alpha value is -0.650. The smallest absolute Gasteiger partial charge is 0.137 e.